The molecular weight excluding hydrogens is 310 g/mol. The number of ether oxygens (including phenoxy) is 1. The van der Waals surface area contributed by atoms with Crippen LogP contribution in [0.5, 0.6) is 0 Å². The average molecular weight is 328 g/mol. The smallest absolute Gasteiger partial charge is 0.326 e. The van der Waals surface area contributed by atoms with Crippen LogP contribution >= 0.6 is 11.6 Å². The van der Waals surface area contributed by atoms with Gasteiger partial charge in [-0.2, -0.15) is 0 Å². The van der Waals surface area contributed by atoms with Gasteiger partial charge < -0.3 is 15.2 Å². The van der Waals surface area contributed by atoms with Crippen molar-refractivity contribution in [2.45, 2.75) is 26.3 Å². The summed E-state index contributed by atoms with van der Waals surface area (Å²) >= 11 is 5.90. The highest BCUT2D eigenvalue weighted by atomic mass is 35.5. The molecule has 2 N–H and O–H groups in total. The first-order chi connectivity index (χ1) is 10.4. The molecule has 1 rings (SSSR count). The van der Waals surface area contributed by atoms with Gasteiger partial charge >= 0.3 is 11.9 Å². The third kappa shape index (κ3) is 5.04. The van der Waals surface area contributed by atoms with Crippen LogP contribution in [0.25, 0.3) is 0 Å². The monoisotopic (exact) mass is 327 g/mol. The number of rotatable bonds is 7. The first-order valence-electron chi connectivity index (χ1n) is 6.80. The van der Waals surface area contributed by atoms with Crippen molar-refractivity contribution in [1.82, 2.24) is 5.32 Å². The van der Waals surface area contributed by atoms with Gasteiger partial charge in [0, 0.05) is 0 Å². The molecule has 6 nitrogen and oxygen atoms in total. The molecule has 0 saturated heterocycles. The Balaban J connectivity index is 2.80. The van der Waals surface area contributed by atoms with Gasteiger partial charge in [-0.1, -0.05) is 30.7 Å². The molecule has 0 spiro atoms. The summed E-state index contributed by atoms with van der Waals surface area (Å²) < 4.78 is 4.79. The van der Waals surface area contributed by atoms with Crippen molar-refractivity contribution in [3.63, 3.8) is 0 Å². The minimum Gasteiger partial charge on any atom is -0.480 e. The van der Waals surface area contributed by atoms with E-state index in [1.807, 2.05) is 0 Å². The second-order valence-corrected chi connectivity index (χ2v) is 5.16. The van der Waals surface area contributed by atoms with E-state index < -0.39 is 29.8 Å². The Morgan fingerprint density at radius 2 is 1.95 bits per heavy atom. The van der Waals surface area contributed by atoms with Gasteiger partial charge in [0.2, 0.25) is 0 Å². The number of hydrogen-bond donors (Lipinski definition) is 2. The van der Waals surface area contributed by atoms with Crippen molar-refractivity contribution in [3.8, 4) is 0 Å². The van der Waals surface area contributed by atoms with Gasteiger partial charge in [0.15, 0.2) is 0 Å². The molecule has 0 heterocycles. The van der Waals surface area contributed by atoms with Crippen LogP contribution in [0.1, 0.15) is 30.6 Å². The molecule has 0 unspecified atom stereocenters. The SMILES string of the molecule is CCOC(=O)C[C@@H](C)[C@@H](NC(=O)c1ccccc1Cl)C(=O)O. The van der Waals surface area contributed by atoms with E-state index in [1.54, 1.807) is 26.0 Å². The molecular formula is C15H18ClNO5. The molecule has 7 heteroatoms. The molecule has 0 bridgehead atoms. The van der Waals surface area contributed by atoms with E-state index in [0.717, 1.165) is 0 Å². The second kappa shape index (κ2) is 8.38. The summed E-state index contributed by atoms with van der Waals surface area (Å²) in [6.07, 6.45) is -0.104. The Morgan fingerprint density at radius 3 is 2.50 bits per heavy atom. The lowest BCUT2D eigenvalue weighted by Gasteiger charge is -2.21. The predicted molar refractivity (Wildman–Crippen MR) is 80.8 cm³/mol. The number of esters is 1. The van der Waals surface area contributed by atoms with Gasteiger partial charge in [-0.15, -0.1) is 0 Å². The van der Waals surface area contributed by atoms with Crippen molar-refractivity contribution >= 4 is 29.4 Å². The molecule has 0 aliphatic heterocycles. The lowest BCUT2D eigenvalue weighted by atomic mass is 9.98. The zero-order valence-corrected chi connectivity index (χ0v) is 13.1. The van der Waals surface area contributed by atoms with Gasteiger partial charge in [-0.3, -0.25) is 9.59 Å². The summed E-state index contributed by atoms with van der Waals surface area (Å²) in [4.78, 5) is 34.9. The van der Waals surface area contributed by atoms with Gasteiger partial charge in [0.05, 0.1) is 23.6 Å². The summed E-state index contributed by atoms with van der Waals surface area (Å²) in [6.45, 7) is 3.44. The van der Waals surface area contributed by atoms with Gasteiger partial charge in [0.25, 0.3) is 5.91 Å². The summed E-state index contributed by atoms with van der Waals surface area (Å²) in [6, 6.07) is 5.10. The van der Waals surface area contributed by atoms with E-state index in [9.17, 15) is 19.5 Å². The number of benzene rings is 1. The van der Waals surface area contributed by atoms with Crippen LogP contribution in [0.15, 0.2) is 24.3 Å². The predicted octanol–water partition coefficient (Wildman–Crippen LogP) is 2.11. The molecule has 1 aromatic carbocycles. The third-order valence-electron chi connectivity index (χ3n) is 3.03. The molecule has 1 amide bonds. The van der Waals surface area contributed by atoms with Crippen molar-refractivity contribution in [2.24, 2.45) is 5.92 Å². The topological polar surface area (TPSA) is 92.7 Å². The Hall–Kier alpha value is -2.08. The fourth-order valence-electron chi connectivity index (χ4n) is 1.91. The number of halogens is 1. The van der Waals surface area contributed by atoms with E-state index >= 15 is 0 Å². The fourth-order valence-corrected chi connectivity index (χ4v) is 2.13. The highest BCUT2D eigenvalue weighted by molar-refractivity contribution is 6.33. The van der Waals surface area contributed by atoms with Crippen LogP contribution in [0.3, 0.4) is 0 Å². The minimum atomic E-state index is -1.22. The maximum absolute atomic E-state index is 12.1. The molecule has 0 saturated carbocycles. The number of amides is 1. The number of hydrogen-bond acceptors (Lipinski definition) is 4. The molecule has 2 atom stereocenters. The van der Waals surface area contributed by atoms with Crippen LogP contribution < -0.4 is 5.32 Å². The van der Waals surface area contributed by atoms with Gasteiger partial charge in [0.1, 0.15) is 6.04 Å². The number of carbonyl (C=O) groups is 3. The van der Waals surface area contributed by atoms with E-state index in [4.69, 9.17) is 16.3 Å². The van der Waals surface area contributed by atoms with Crippen molar-refractivity contribution in [1.29, 1.82) is 0 Å². The van der Waals surface area contributed by atoms with E-state index in [2.05, 4.69) is 5.32 Å². The molecule has 0 aliphatic rings. The molecule has 0 radical (unpaired) electrons. The van der Waals surface area contributed by atoms with E-state index in [0.29, 0.717) is 0 Å². The molecule has 120 valence electrons. The highest BCUT2D eigenvalue weighted by Gasteiger charge is 2.29. The summed E-state index contributed by atoms with van der Waals surface area (Å²) in [7, 11) is 0. The van der Waals surface area contributed by atoms with Crippen molar-refractivity contribution < 1.29 is 24.2 Å². The van der Waals surface area contributed by atoms with Gasteiger partial charge in [-0.05, 0) is 25.0 Å². The number of carbonyl (C=O) groups excluding carboxylic acids is 2. The number of aliphatic carboxylic acids is 1. The maximum atomic E-state index is 12.1. The van der Waals surface area contributed by atoms with Crippen molar-refractivity contribution in [2.75, 3.05) is 6.61 Å². The summed E-state index contributed by atoms with van der Waals surface area (Å²) in [5, 5.41) is 11.9. The second-order valence-electron chi connectivity index (χ2n) is 4.76. The molecule has 1 aromatic rings. The number of carboxylic acid groups (broad SMARTS) is 1. The molecule has 22 heavy (non-hydrogen) atoms. The number of carboxylic acids is 1. The standard InChI is InChI=1S/C15H18ClNO5/c1-3-22-12(18)8-9(2)13(15(20)21)17-14(19)10-6-4-5-7-11(10)16/h4-7,9,13H,3,8H2,1-2H3,(H,17,19)(H,20,21)/t9-,13-/m1/s1. The van der Waals surface area contributed by atoms with Crippen molar-refractivity contribution in [3.05, 3.63) is 34.9 Å². The zero-order valence-electron chi connectivity index (χ0n) is 12.3. The van der Waals surface area contributed by atoms with Crippen LogP contribution in [0.4, 0.5) is 0 Å². The highest BCUT2D eigenvalue weighted by Crippen LogP contribution is 2.16. The van der Waals surface area contributed by atoms with Gasteiger partial charge in [-0.25, -0.2) is 4.79 Å². The minimum absolute atomic E-state index is 0.104. The van der Waals surface area contributed by atoms with Crippen LogP contribution in [-0.2, 0) is 14.3 Å². The maximum Gasteiger partial charge on any atom is 0.326 e. The van der Waals surface area contributed by atoms with E-state index in [-0.39, 0.29) is 23.6 Å². The quantitative estimate of drug-likeness (QED) is 0.748. The summed E-state index contributed by atoms with van der Waals surface area (Å²) in [5.41, 5.74) is 0.179. The molecule has 0 aromatic heterocycles. The van der Waals surface area contributed by atoms with Crippen LogP contribution in [0.2, 0.25) is 5.02 Å². The number of nitrogens with one attached hydrogen (secondary N) is 1. The Morgan fingerprint density at radius 1 is 1.32 bits per heavy atom. The van der Waals surface area contributed by atoms with E-state index in [1.165, 1.54) is 12.1 Å². The third-order valence-corrected chi connectivity index (χ3v) is 3.36. The fraction of sp³-hybridized carbons (Fsp3) is 0.400. The first-order valence-corrected chi connectivity index (χ1v) is 7.18. The largest absolute Gasteiger partial charge is 0.480 e. The lowest BCUT2D eigenvalue weighted by molar-refractivity contribution is -0.145. The van der Waals surface area contributed by atoms with Crippen LogP contribution in [0, 0.1) is 5.92 Å². The zero-order chi connectivity index (χ0) is 16.7. The lowest BCUT2D eigenvalue weighted by Crippen LogP contribution is -2.45. The normalized spacial score (nSPS) is 13.0. The summed E-state index contributed by atoms with van der Waals surface area (Å²) in [5.74, 6) is -2.96. The molecule has 0 fully saturated rings. The van der Waals surface area contributed by atoms with Crippen LogP contribution in [-0.4, -0.2) is 35.6 Å². The Kier molecular flexibility index (Phi) is 6.85. The molecule has 0 aliphatic carbocycles. The Labute approximate surface area is 133 Å². The average Bonchev–Trinajstić information content (AvgIpc) is 2.44. The first kappa shape index (κ1) is 18.0. The Bertz CT molecular complexity index is 561.